The number of carbonyl (C=O) groups is 1. The molecule has 0 fully saturated rings. The number of benzene rings is 2. The van der Waals surface area contributed by atoms with Crippen molar-refractivity contribution in [1.29, 1.82) is 0 Å². The number of nitrogens with one attached hydrogen (secondary N) is 2. The number of carbonyl (C=O) groups excluding carboxylic acids is 1. The molecule has 3 aromatic rings. The molecule has 0 atom stereocenters. The molecule has 7 nitrogen and oxygen atoms in total. The number of amides is 1. The molecule has 2 aromatic carbocycles. The van der Waals surface area contributed by atoms with Crippen LogP contribution in [0.1, 0.15) is 12.5 Å². The maximum absolute atomic E-state index is 11.2. The number of aromatic nitrogens is 3. The summed E-state index contributed by atoms with van der Waals surface area (Å²) in [5, 5.41) is 14.0. The normalized spacial score (nSPS) is 12.6. The molecule has 130 valence electrons. The lowest BCUT2D eigenvalue weighted by molar-refractivity contribution is -0.114. The first-order chi connectivity index (χ1) is 12.7. The Hall–Kier alpha value is -3.48. The predicted molar refractivity (Wildman–Crippen MR) is 101 cm³/mol. The van der Waals surface area contributed by atoms with E-state index in [1.807, 2.05) is 30.3 Å². The highest BCUT2D eigenvalue weighted by Crippen LogP contribution is 2.33. The van der Waals surface area contributed by atoms with Crippen LogP contribution < -0.4 is 15.5 Å². The molecule has 1 aromatic heterocycles. The van der Waals surface area contributed by atoms with Gasteiger partial charge in [0.2, 0.25) is 11.9 Å². The van der Waals surface area contributed by atoms with Crippen LogP contribution in [-0.4, -0.2) is 27.6 Å². The van der Waals surface area contributed by atoms with E-state index >= 15 is 0 Å². The SMILES string of the molecule is CC(=O)Nc1cccc(Nc2nncc(N3CCc4ccccc43)n2)c1. The van der Waals surface area contributed by atoms with Crippen LogP contribution in [0.3, 0.4) is 0 Å². The zero-order chi connectivity index (χ0) is 17.9. The lowest BCUT2D eigenvalue weighted by atomic mass is 10.2. The second-order valence-electron chi connectivity index (χ2n) is 6.06. The Morgan fingerprint density at radius 3 is 2.85 bits per heavy atom. The Balaban J connectivity index is 1.57. The molecule has 0 saturated carbocycles. The van der Waals surface area contributed by atoms with Gasteiger partial charge in [-0.25, -0.2) is 0 Å². The first kappa shape index (κ1) is 16.0. The maximum Gasteiger partial charge on any atom is 0.249 e. The summed E-state index contributed by atoms with van der Waals surface area (Å²) in [5.74, 6) is 1.05. The van der Waals surface area contributed by atoms with Gasteiger partial charge in [-0.15, -0.1) is 5.10 Å². The van der Waals surface area contributed by atoms with E-state index in [9.17, 15) is 4.79 Å². The van der Waals surface area contributed by atoms with E-state index in [4.69, 9.17) is 0 Å². The molecule has 2 heterocycles. The Kier molecular flexibility index (Phi) is 4.18. The molecule has 0 saturated heterocycles. The third kappa shape index (κ3) is 3.32. The number of fused-ring (bicyclic) bond motifs is 1. The summed E-state index contributed by atoms with van der Waals surface area (Å²) in [6.45, 7) is 2.35. The van der Waals surface area contributed by atoms with Crippen molar-refractivity contribution >= 4 is 34.7 Å². The van der Waals surface area contributed by atoms with Gasteiger partial charge < -0.3 is 15.5 Å². The molecule has 1 aliphatic heterocycles. The average molecular weight is 346 g/mol. The summed E-state index contributed by atoms with van der Waals surface area (Å²) in [6, 6.07) is 15.7. The Morgan fingerprint density at radius 1 is 1.12 bits per heavy atom. The quantitative estimate of drug-likeness (QED) is 0.754. The number of nitrogens with zero attached hydrogens (tertiary/aromatic N) is 4. The molecule has 7 heteroatoms. The monoisotopic (exact) mass is 346 g/mol. The fourth-order valence-electron chi connectivity index (χ4n) is 3.06. The summed E-state index contributed by atoms with van der Waals surface area (Å²) in [4.78, 5) is 17.9. The molecule has 0 spiro atoms. The number of para-hydroxylation sites is 1. The van der Waals surface area contributed by atoms with Gasteiger partial charge in [0.25, 0.3) is 0 Å². The van der Waals surface area contributed by atoms with Crippen LogP contribution in [0.2, 0.25) is 0 Å². The summed E-state index contributed by atoms with van der Waals surface area (Å²) in [5.41, 5.74) is 3.95. The zero-order valence-corrected chi connectivity index (χ0v) is 14.3. The molecule has 0 unspecified atom stereocenters. The molecule has 0 bridgehead atoms. The van der Waals surface area contributed by atoms with Crippen LogP contribution in [0.25, 0.3) is 0 Å². The van der Waals surface area contributed by atoms with Crippen molar-refractivity contribution in [3.05, 3.63) is 60.3 Å². The standard InChI is InChI=1S/C19H18N6O/c1-13(26)21-15-6-4-7-16(11-15)22-19-23-18(12-20-24-19)25-10-9-14-5-2-3-8-17(14)25/h2-8,11-12H,9-10H2,1H3,(H,21,26)(H,22,23,24). The molecule has 0 radical (unpaired) electrons. The first-order valence-electron chi connectivity index (χ1n) is 8.39. The van der Waals surface area contributed by atoms with E-state index in [2.05, 4.69) is 48.9 Å². The second-order valence-corrected chi connectivity index (χ2v) is 6.06. The Labute approximate surface area is 151 Å². The largest absolute Gasteiger partial charge is 0.326 e. The van der Waals surface area contributed by atoms with Gasteiger partial charge in [-0.2, -0.15) is 10.1 Å². The van der Waals surface area contributed by atoms with Gasteiger partial charge in [0.05, 0.1) is 6.20 Å². The van der Waals surface area contributed by atoms with E-state index in [0.29, 0.717) is 11.6 Å². The van der Waals surface area contributed by atoms with E-state index in [1.54, 1.807) is 6.20 Å². The van der Waals surface area contributed by atoms with Crippen molar-refractivity contribution in [3.8, 4) is 0 Å². The predicted octanol–water partition coefficient (Wildman–Crippen LogP) is 3.27. The van der Waals surface area contributed by atoms with Gasteiger partial charge >= 0.3 is 0 Å². The average Bonchev–Trinajstić information content (AvgIpc) is 3.06. The van der Waals surface area contributed by atoms with Gasteiger partial charge in [0, 0.05) is 30.5 Å². The topological polar surface area (TPSA) is 83.0 Å². The molecule has 4 rings (SSSR count). The Bertz CT molecular complexity index is 958. The van der Waals surface area contributed by atoms with Crippen molar-refractivity contribution in [2.24, 2.45) is 0 Å². The number of rotatable bonds is 4. The van der Waals surface area contributed by atoms with Crippen LogP contribution in [0.5, 0.6) is 0 Å². The van der Waals surface area contributed by atoms with Crippen molar-refractivity contribution < 1.29 is 4.79 Å². The highest BCUT2D eigenvalue weighted by Gasteiger charge is 2.21. The lowest BCUT2D eigenvalue weighted by Gasteiger charge is -2.18. The smallest absolute Gasteiger partial charge is 0.249 e. The highest BCUT2D eigenvalue weighted by atomic mass is 16.1. The summed E-state index contributed by atoms with van der Waals surface area (Å²) in [6.07, 6.45) is 2.66. The lowest BCUT2D eigenvalue weighted by Crippen LogP contribution is -2.16. The van der Waals surface area contributed by atoms with E-state index in [0.717, 1.165) is 30.2 Å². The van der Waals surface area contributed by atoms with Gasteiger partial charge in [-0.1, -0.05) is 24.3 Å². The fourth-order valence-corrected chi connectivity index (χ4v) is 3.06. The highest BCUT2D eigenvalue weighted by molar-refractivity contribution is 5.89. The molecule has 1 aliphatic rings. The number of hydrogen-bond donors (Lipinski definition) is 2. The minimum Gasteiger partial charge on any atom is -0.326 e. The van der Waals surface area contributed by atoms with Crippen LogP contribution in [0, 0.1) is 0 Å². The molecule has 26 heavy (non-hydrogen) atoms. The molecule has 1 amide bonds. The maximum atomic E-state index is 11.2. The summed E-state index contributed by atoms with van der Waals surface area (Å²) >= 11 is 0. The van der Waals surface area contributed by atoms with Gasteiger partial charge in [-0.3, -0.25) is 4.79 Å². The molecular weight excluding hydrogens is 328 g/mol. The third-order valence-electron chi connectivity index (χ3n) is 4.15. The number of hydrogen-bond acceptors (Lipinski definition) is 6. The number of anilines is 5. The van der Waals surface area contributed by atoms with Crippen LogP contribution >= 0.6 is 0 Å². The van der Waals surface area contributed by atoms with Crippen LogP contribution in [0.15, 0.2) is 54.7 Å². The minimum atomic E-state index is -0.116. The minimum absolute atomic E-state index is 0.116. The molecule has 0 aliphatic carbocycles. The van der Waals surface area contributed by atoms with E-state index < -0.39 is 0 Å². The van der Waals surface area contributed by atoms with Crippen molar-refractivity contribution in [2.45, 2.75) is 13.3 Å². The van der Waals surface area contributed by atoms with Crippen molar-refractivity contribution in [1.82, 2.24) is 15.2 Å². The fraction of sp³-hybridized carbons (Fsp3) is 0.158. The Morgan fingerprint density at radius 2 is 1.96 bits per heavy atom. The van der Waals surface area contributed by atoms with Crippen molar-refractivity contribution in [2.75, 3.05) is 22.1 Å². The van der Waals surface area contributed by atoms with Gasteiger partial charge in [-0.05, 0) is 36.2 Å². The summed E-state index contributed by atoms with van der Waals surface area (Å²) in [7, 11) is 0. The zero-order valence-electron chi connectivity index (χ0n) is 14.3. The van der Waals surface area contributed by atoms with Gasteiger partial charge in [0.1, 0.15) is 0 Å². The first-order valence-corrected chi connectivity index (χ1v) is 8.39. The third-order valence-corrected chi connectivity index (χ3v) is 4.15. The van der Waals surface area contributed by atoms with Crippen LogP contribution in [0.4, 0.5) is 28.8 Å². The summed E-state index contributed by atoms with van der Waals surface area (Å²) < 4.78 is 0. The van der Waals surface area contributed by atoms with Crippen molar-refractivity contribution in [3.63, 3.8) is 0 Å². The molecule has 2 N–H and O–H groups in total. The van der Waals surface area contributed by atoms with E-state index in [-0.39, 0.29) is 5.91 Å². The van der Waals surface area contributed by atoms with E-state index in [1.165, 1.54) is 12.5 Å². The van der Waals surface area contributed by atoms with Gasteiger partial charge in [0.15, 0.2) is 5.82 Å². The molecular formula is C19H18N6O. The van der Waals surface area contributed by atoms with Crippen LogP contribution in [-0.2, 0) is 11.2 Å². The second kappa shape index (κ2) is 6.79.